The minimum atomic E-state index is 0.270. The van der Waals surface area contributed by atoms with Gasteiger partial charge in [-0.05, 0) is 31.9 Å². The molecule has 0 spiro atoms. The van der Waals surface area contributed by atoms with Gasteiger partial charge in [-0.25, -0.2) is 4.98 Å². The molecule has 1 heterocycles. The minimum Gasteiger partial charge on any atom is -0.310 e. The van der Waals surface area contributed by atoms with Gasteiger partial charge in [0.25, 0.3) is 0 Å². The Kier molecular flexibility index (Phi) is 4.75. The molecule has 1 aromatic carbocycles. The van der Waals surface area contributed by atoms with Crippen LogP contribution in [0.25, 0.3) is 0 Å². The fraction of sp³-hybridized carbons (Fsp3) is 0.357. The van der Waals surface area contributed by atoms with Crippen molar-refractivity contribution in [1.82, 2.24) is 10.3 Å². The van der Waals surface area contributed by atoms with E-state index < -0.39 is 0 Å². The van der Waals surface area contributed by atoms with Crippen LogP contribution in [0.2, 0.25) is 5.02 Å². The summed E-state index contributed by atoms with van der Waals surface area (Å²) in [6.07, 6.45) is 1.02. The monoisotopic (exact) mass is 280 g/mol. The molecule has 0 aliphatic heterocycles. The third-order valence-electron chi connectivity index (χ3n) is 3.02. The SMILES string of the molecule is Cc1ncsc1CCNC(C)c1ccccc1Cl. The summed E-state index contributed by atoms with van der Waals surface area (Å²) in [4.78, 5) is 5.61. The molecule has 2 nitrogen and oxygen atoms in total. The highest BCUT2D eigenvalue weighted by Gasteiger charge is 2.08. The van der Waals surface area contributed by atoms with Crippen LogP contribution in [0.5, 0.6) is 0 Å². The van der Waals surface area contributed by atoms with Gasteiger partial charge in [0, 0.05) is 22.5 Å². The standard InChI is InChI=1S/C14H17ClN2S/c1-10(12-5-3-4-6-13(12)15)16-8-7-14-11(2)17-9-18-14/h3-6,9-10,16H,7-8H2,1-2H3. The Morgan fingerprint density at radius 2 is 2.17 bits per heavy atom. The van der Waals surface area contributed by atoms with Crippen molar-refractivity contribution < 1.29 is 0 Å². The van der Waals surface area contributed by atoms with Gasteiger partial charge in [0.05, 0.1) is 11.2 Å². The Hall–Kier alpha value is -0.900. The average Bonchev–Trinajstić information content (AvgIpc) is 2.75. The van der Waals surface area contributed by atoms with Crippen LogP contribution < -0.4 is 5.32 Å². The second-order valence-electron chi connectivity index (χ2n) is 4.31. The maximum Gasteiger partial charge on any atom is 0.0797 e. The Labute approximate surface area is 117 Å². The second-order valence-corrected chi connectivity index (χ2v) is 5.65. The van der Waals surface area contributed by atoms with E-state index in [0.29, 0.717) is 0 Å². The highest BCUT2D eigenvalue weighted by molar-refractivity contribution is 7.09. The van der Waals surface area contributed by atoms with Crippen molar-refractivity contribution >= 4 is 22.9 Å². The van der Waals surface area contributed by atoms with Crippen molar-refractivity contribution in [1.29, 1.82) is 0 Å². The van der Waals surface area contributed by atoms with Gasteiger partial charge in [-0.15, -0.1) is 11.3 Å². The lowest BCUT2D eigenvalue weighted by Crippen LogP contribution is -2.21. The normalized spacial score (nSPS) is 12.6. The first-order valence-electron chi connectivity index (χ1n) is 6.05. The molecule has 1 unspecified atom stereocenters. The first-order chi connectivity index (χ1) is 8.68. The van der Waals surface area contributed by atoms with E-state index >= 15 is 0 Å². The van der Waals surface area contributed by atoms with Crippen LogP contribution in [-0.4, -0.2) is 11.5 Å². The Bertz CT molecular complexity index is 510. The summed E-state index contributed by atoms with van der Waals surface area (Å²) >= 11 is 7.90. The molecule has 18 heavy (non-hydrogen) atoms. The topological polar surface area (TPSA) is 24.9 Å². The van der Waals surface area contributed by atoms with Gasteiger partial charge in [0.1, 0.15) is 0 Å². The average molecular weight is 281 g/mol. The van der Waals surface area contributed by atoms with Crippen molar-refractivity contribution in [3.8, 4) is 0 Å². The number of aryl methyl sites for hydroxylation is 1. The van der Waals surface area contributed by atoms with Crippen LogP contribution in [0.1, 0.15) is 29.1 Å². The summed E-state index contributed by atoms with van der Waals surface area (Å²) in [5, 5.41) is 4.33. The van der Waals surface area contributed by atoms with E-state index in [-0.39, 0.29) is 6.04 Å². The van der Waals surface area contributed by atoms with Crippen LogP contribution in [-0.2, 0) is 6.42 Å². The Morgan fingerprint density at radius 1 is 1.39 bits per heavy atom. The lowest BCUT2D eigenvalue weighted by atomic mass is 10.1. The summed E-state index contributed by atoms with van der Waals surface area (Å²) in [6, 6.07) is 8.25. The van der Waals surface area contributed by atoms with Crippen LogP contribution in [0, 0.1) is 6.92 Å². The zero-order valence-electron chi connectivity index (χ0n) is 10.6. The molecule has 0 aliphatic rings. The van der Waals surface area contributed by atoms with Crippen LogP contribution in [0.4, 0.5) is 0 Å². The van der Waals surface area contributed by atoms with Crippen LogP contribution in [0.15, 0.2) is 29.8 Å². The van der Waals surface area contributed by atoms with Gasteiger partial charge in [-0.3, -0.25) is 0 Å². The lowest BCUT2D eigenvalue weighted by Gasteiger charge is -2.15. The molecule has 0 saturated heterocycles. The summed E-state index contributed by atoms with van der Waals surface area (Å²) in [5.74, 6) is 0. The highest BCUT2D eigenvalue weighted by atomic mass is 35.5. The van der Waals surface area contributed by atoms with E-state index in [4.69, 9.17) is 11.6 Å². The number of hydrogen-bond donors (Lipinski definition) is 1. The quantitative estimate of drug-likeness (QED) is 0.895. The van der Waals surface area contributed by atoms with E-state index in [2.05, 4.69) is 30.2 Å². The summed E-state index contributed by atoms with van der Waals surface area (Å²) < 4.78 is 0. The molecule has 0 bridgehead atoms. The van der Waals surface area contributed by atoms with Gasteiger partial charge >= 0.3 is 0 Å². The molecule has 0 saturated carbocycles. The third kappa shape index (κ3) is 3.31. The molecule has 0 amide bonds. The largest absolute Gasteiger partial charge is 0.310 e. The predicted molar refractivity (Wildman–Crippen MR) is 78.4 cm³/mol. The van der Waals surface area contributed by atoms with Gasteiger partial charge < -0.3 is 5.32 Å². The van der Waals surface area contributed by atoms with E-state index in [1.807, 2.05) is 23.7 Å². The molecule has 2 aromatic rings. The van der Waals surface area contributed by atoms with Gasteiger partial charge in [0.15, 0.2) is 0 Å². The maximum absolute atomic E-state index is 6.17. The molecule has 96 valence electrons. The zero-order valence-corrected chi connectivity index (χ0v) is 12.2. The minimum absolute atomic E-state index is 0.270. The number of aromatic nitrogens is 1. The molecule has 0 radical (unpaired) electrons. The summed E-state index contributed by atoms with van der Waals surface area (Å²) in [5.41, 5.74) is 4.20. The van der Waals surface area contributed by atoms with E-state index in [9.17, 15) is 0 Å². The van der Waals surface area contributed by atoms with Crippen molar-refractivity contribution in [2.45, 2.75) is 26.3 Å². The van der Waals surface area contributed by atoms with Gasteiger partial charge in [-0.1, -0.05) is 29.8 Å². The Balaban J connectivity index is 1.87. The fourth-order valence-corrected chi connectivity index (χ4v) is 2.99. The smallest absolute Gasteiger partial charge is 0.0797 e. The van der Waals surface area contributed by atoms with Crippen molar-refractivity contribution in [3.05, 3.63) is 50.9 Å². The van der Waals surface area contributed by atoms with E-state index in [1.54, 1.807) is 11.3 Å². The fourth-order valence-electron chi connectivity index (χ4n) is 1.90. The van der Waals surface area contributed by atoms with Crippen LogP contribution in [0.3, 0.4) is 0 Å². The lowest BCUT2D eigenvalue weighted by molar-refractivity contribution is 0.578. The zero-order chi connectivity index (χ0) is 13.0. The van der Waals surface area contributed by atoms with Crippen molar-refractivity contribution in [2.24, 2.45) is 0 Å². The molecular formula is C14H17ClN2S. The van der Waals surface area contributed by atoms with E-state index in [0.717, 1.165) is 29.2 Å². The Morgan fingerprint density at radius 3 is 2.83 bits per heavy atom. The first-order valence-corrected chi connectivity index (χ1v) is 7.31. The molecular weight excluding hydrogens is 264 g/mol. The van der Waals surface area contributed by atoms with Gasteiger partial charge in [0.2, 0.25) is 0 Å². The molecule has 0 aliphatic carbocycles. The van der Waals surface area contributed by atoms with Gasteiger partial charge in [-0.2, -0.15) is 0 Å². The van der Waals surface area contributed by atoms with Crippen LogP contribution >= 0.6 is 22.9 Å². The van der Waals surface area contributed by atoms with Crippen molar-refractivity contribution in [2.75, 3.05) is 6.54 Å². The maximum atomic E-state index is 6.17. The predicted octanol–water partition coefficient (Wildman–Crippen LogP) is 4.00. The second kappa shape index (κ2) is 6.32. The molecule has 1 atom stereocenters. The number of nitrogens with zero attached hydrogens (tertiary/aromatic N) is 1. The molecule has 0 fully saturated rings. The number of halogens is 1. The summed E-state index contributed by atoms with van der Waals surface area (Å²) in [6.45, 7) is 5.14. The first kappa shape index (κ1) is 13.5. The van der Waals surface area contributed by atoms with E-state index in [1.165, 1.54) is 4.88 Å². The third-order valence-corrected chi connectivity index (χ3v) is 4.36. The number of benzene rings is 1. The molecule has 4 heteroatoms. The molecule has 1 aromatic heterocycles. The highest BCUT2D eigenvalue weighted by Crippen LogP contribution is 2.22. The number of rotatable bonds is 5. The van der Waals surface area contributed by atoms with Crippen molar-refractivity contribution in [3.63, 3.8) is 0 Å². The summed E-state index contributed by atoms with van der Waals surface area (Å²) in [7, 11) is 0. The number of nitrogens with one attached hydrogen (secondary N) is 1. The molecule has 2 rings (SSSR count). The molecule has 1 N–H and O–H groups in total. The number of hydrogen-bond acceptors (Lipinski definition) is 3. The number of thiazole rings is 1.